The lowest BCUT2D eigenvalue weighted by Crippen LogP contribution is -2.53. The predicted molar refractivity (Wildman–Crippen MR) is 125 cm³/mol. The van der Waals surface area contributed by atoms with Crippen LogP contribution in [0.4, 0.5) is 0 Å². The molecule has 0 saturated carbocycles. The van der Waals surface area contributed by atoms with E-state index in [1.807, 2.05) is 6.07 Å². The molecule has 4 saturated heterocycles. The fourth-order valence-corrected chi connectivity index (χ4v) is 5.88. The summed E-state index contributed by atoms with van der Waals surface area (Å²) in [4.78, 5) is 69.0. The van der Waals surface area contributed by atoms with Gasteiger partial charge in [-0.15, -0.1) is 0 Å². The normalized spacial score (nSPS) is 28.8. The third-order valence-corrected chi connectivity index (χ3v) is 7.80. The van der Waals surface area contributed by atoms with E-state index >= 15 is 0 Å². The minimum absolute atomic E-state index is 0.0159. The number of amides is 5. The first-order valence-electron chi connectivity index (χ1n) is 12.4. The van der Waals surface area contributed by atoms with Crippen molar-refractivity contribution in [3.63, 3.8) is 0 Å². The van der Waals surface area contributed by atoms with Crippen LogP contribution < -0.4 is 10.6 Å². The van der Waals surface area contributed by atoms with Gasteiger partial charge in [0.25, 0.3) is 5.91 Å². The van der Waals surface area contributed by atoms with E-state index in [2.05, 4.69) is 10.6 Å². The molecule has 0 bridgehead atoms. The number of benzene rings is 1. The average Bonchev–Trinajstić information content (AvgIpc) is 3.46. The Labute approximate surface area is 204 Å². The monoisotopic (exact) mass is 481 g/mol. The number of likely N-dealkylation sites (tertiary alicyclic amines) is 2. The van der Waals surface area contributed by atoms with Crippen LogP contribution in [0.1, 0.15) is 43.0 Å². The number of carbonyl (C=O) groups is 5. The highest BCUT2D eigenvalue weighted by Crippen LogP contribution is 2.30. The average molecular weight is 482 g/mol. The SMILES string of the molecule is CC(=O)N1CCC(C(=O)N[C@H]2C[C@@H]3C(=O)N[C@H]4CCN(C(=O)c5ccccc5)[C@@H]4C(=O)N3C2)CC1. The van der Waals surface area contributed by atoms with Gasteiger partial charge in [-0.2, -0.15) is 0 Å². The molecule has 4 aliphatic heterocycles. The molecule has 4 heterocycles. The first kappa shape index (κ1) is 23.3. The molecule has 4 fully saturated rings. The summed E-state index contributed by atoms with van der Waals surface area (Å²) in [6.07, 6.45) is 2.08. The summed E-state index contributed by atoms with van der Waals surface area (Å²) in [5, 5.41) is 6.02. The number of piperidine rings is 1. The van der Waals surface area contributed by atoms with Gasteiger partial charge in [-0.3, -0.25) is 24.0 Å². The van der Waals surface area contributed by atoms with Crippen LogP contribution in [-0.4, -0.2) is 94.6 Å². The summed E-state index contributed by atoms with van der Waals surface area (Å²) in [5.74, 6) is -0.961. The fraction of sp³-hybridized carbons (Fsp3) is 0.560. The van der Waals surface area contributed by atoms with E-state index in [-0.39, 0.29) is 48.0 Å². The van der Waals surface area contributed by atoms with Crippen molar-refractivity contribution in [3.8, 4) is 0 Å². The standard InChI is InChI=1S/C25H31N5O5/c1-15(31)28-10-7-16(8-11-28)22(32)26-18-13-20-23(33)27-19-9-12-29(21(19)25(35)30(20)14-18)24(34)17-5-3-2-4-6-17/h2-6,16,18-21H,7-14H2,1H3,(H,26,32)(H,27,33)/t18-,19-,20+,21-/m0/s1. The van der Waals surface area contributed by atoms with E-state index in [1.54, 1.807) is 39.0 Å². The molecule has 4 aliphatic rings. The van der Waals surface area contributed by atoms with Crippen molar-refractivity contribution in [1.29, 1.82) is 0 Å². The van der Waals surface area contributed by atoms with E-state index in [0.717, 1.165) is 0 Å². The van der Waals surface area contributed by atoms with Crippen molar-refractivity contribution in [2.45, 2.75) is 56.8 Å². The van der Waals surface area contributed by atoms with E-state index in [9.17, 15) is 24.0 Å². The van der Waals surface area contributed by atoms with Gasteiger partial charge < -0.3 is 25.3 Å². The molecule has 10 nitrogen and oxygen atoms in total. The first-order chi connectivity index (χ1) is 16.8. The lowest BCUT2D eigenvalue weighted by molar-refractivity contribution is -0.138. The van der Waals surface area contributed by atoms with E-state index in [4.69, 9.17) is 0 Å². The van der Waals surface area contributed by atoms with Crippen molar-refractivity contribution < 1.29 is 24.0 Å². The van der Waals surface area contributed by atoms with Crippen LogP contribution in [0.2, 0.25) is 0 Å². The summed E-state index contributed by atoms with van der Waals surface area (Å²) in [6.45, 7) is 3.28. The fourth-order valence-electron chi connectivity index (χ4n) is 5.88. The molecule has 0 radical (unpaired) electrons. The van der Waals surface area contributed by atoms with Gasteiger partial charge in [0.1, 0.15) is 12.1 Å². The topological polar surface area (TPSA) is 119 Å². The lowest BCUT2D eigenvalue weighted by Gasteiger charge is -2.31. The molecule has 5 rings (SSSR count). The Kier molecular flexibility index (Phi) is 6.21. The molecule has 2 N–H and O–H groups in total. The molecule has 0 unspecified atom stereocenters. The smallest absolute Gasteiger partial charge is 0.254 e. The van der Waals surface area contributed by atoms with Crippen molar-refractivity contribution in [2.75, 3.05) is 26.2 Å². The third kappa shape index (κ3) is 4.37. The van der Waals surface area contributed by atoms with Crippen molar-refractivity contribution in [3.05, 3.63) is 35.9 Å². The van der Waals surface area contributed by atoms with Gasteiger partial charge in [0.2, 0.25) is 23.6 Å². The summed E-state index contributed by atoms with van der Waals surface area (Å²) in [6, 6.07) is 6.69. The Hall–Kier alpha value is -3.43. The molecule has 186 valence electrons. The number of nitrogens with one attached hydrogen (secondary N) is 2. The Morgan fingerprint density at radius 1 is 1.00 bits per heavy atom. The minimum Gasteiger partial charge on any atom is -0.351 e. The van der Waals surface area contributed by atoms with Crippen molar-refractivity contribution in [1.82, 2.24) is 25.3 Å². The van der Waals surface area contributed by atoms with E-state index < -0.39 is 18.1 Å². The van der Waals surface area contributed by atoms with E-state index in [1.165, 1.54) is 6.92 Å². The second-order valence-corrected chi connectivity index (χ2v) is 9.94. The largest absolute Gasteiger partial charge is 0.351 e. The van der Waals surface area contributed by atoms with Crippen LogP contribution in [0, 0.1) is 5.92 Å². The quantitative estimate of drug-likeness (QED) is 0.617. The lowest BCUT2D eigenvalue weighted by atomic mass is 9.95. The molecule has 0 aromatic heterocycles. The number of fused-ring (bicyclic) bond motifs is 2. The maximum absolute atomic E-state index is 13.6. The zero-order chi connectivity index (χ0) is 24.7. The zero-order valence-corrected chi connectivity index (χ0v) is 19.8. The van der Waals surface area contributed by atoms with Crippen LogP contribution in [0.25, 0.3) is 0 Å². The summed E-state index contributed by atoms with van der Waals surface area (Å²) >= 11 is 0. The van der Waals surface area contributed by atoms with Crippen molar-refractivity contribution >= 4 is 29.5 Å². The number of nitrogens with zero attached hydrogens (tertiary/aromatic N) is 3. The maximum atomic E-state index is 13.6. The Morgan fingerprint density at radius 3 is 2.40 bits per heavy atom. The van der Waals surface area contributed by atoms with Gasteiger partial charge in [0.05, 0.1) is 6.04 Å². The van der Waals surface area contributed by atoms with Gasteiger partial charge in [0.15, 0.2) is 0 Å². The highest BCUT2D eigenvalue weighted by Gasteiger charge is 2.52. The maximum Gasteiger partial charge on any atom is 0.254 e. The zero-order valence-electron chi connectivity index (χ0n) is 19.8. The number of rotatable bonds is 3. The van der Waals surface area contributed by atoms with Gasteiger partial charge >= 0.3 is 0 Å². The predicted octanol–water partition coefficient (Wildman–Crippen LogP) is -0.256. The van der Waals surface area contributed by atoms with Crippen LogP contribution in [-0.2, 0) is 19.2 Å². The molecule has 35 heavy (non-hydrogen) atoms. The Bertz CT molecular complexity index is 1040. The second kappa shape index (κ2) is 9.31. The van der Waals surface area contributed by atoms with Crippen LogP contribution in [0.5, 0.6) is 0 Å². The highest BCUT2D eigenvalue weighted by molar-refractivity contribution is 6.00. The molecule has 0 aliphatic carbocycles. The molecule has 1 aromatic rings. The van der Waals surface area contributed by atoms with Crippen LogP contribution in [0.3, 0.4) is 0 Å². The molecular weight excluding hydrogens is 450 g/mol. The van der Waals surface area contributed by atoms with Gasteiger partial charge in [0, 0.05) is 50.6 Å². The summed E-state index contributed by atoms with van der Waals surface area (Å²) in [5.41, 5.74) is 0.510. The molecular formula is C25H31N5O5. The van der Waals surface area contributed by atoms with Gasteiger partial charge in [-0.05, 0) is 37.8 Å². The highest BCUT2D eigenvalue weighted by atomic mass is 16.2. The Morgan fingerprint density at radius 2 is 1.71 bits per heavy atom. The number of hydrogen-bond acceptors (Lipinski definition) is 5. The summed E-state index contributed by atoms with van der Waals surface area (Å²) in [7, 11) is 0. The minimum atomic E-state index is -0.748. The van der Waals surface area contributed by atoms with Gasteiger partial charge in [-0.25, -0.2) is 0 Å². The number of hydrogen-bond donors (Lipinski definition) is 2. The molecule has 4 atom stereocenters. The van der Waals surface area contributed by atoms with Crippen molar-refractivity contribution in [2.24, 2.45) is 5.92 Å². The third-order valence-electron chi connectivity index (χ3n) is 7.80. The molecule has 5 amide bonds. The number of carbonyl (C=O) groups excluding carboxylic acids is 5. The van der Waals surface area contributed by atoms with Gasteiger partial charge in [-0.1, -0.05) is 18.2 Å². The second-order valence-electron chi connectivity index (χ2n) is 9.94. The summed E-state index contributed by atoms with van der Waals surface area (Å²) < 4.78 is 0. The molecule has 1 aromatic carbocycles. The molecule has 0 spiro atoms. The van der Waals surface area contributed by atoms with Crippen LogP contribution in [0.15, 0.2) is 30.3 Å². The molecule has 10 heteroatoms. The van der Waals surface area contributed by atoms with Crippen LogP contribution >= 0.6 is 0 Å². The first-order valence-corrected chi connectivity index (χ1v) is 12.4. The Balaban J connectivity index is 1.26. The van der Waals surface area contributed by atoms with E-state index in [0.29, 0.717) is 50.9 Å².